The first-order valence-electron chi connectivity index (χ1n) is 6.11. The molecule has 1 N–H and O–H groups in total. The SMILES string of the molecule is CCC(=O)NCC1(c2ccc(OC)cc2)CC1. The van der Waals surface area contributed by atoms with E-state index in [9.17, 15) is 4.79 Å². The summed E-state index contributed by atoms with van der Waals surface area (Å²) in [6, 6.07) is 8.17. The Labute approximate surface area is 102 Å². The molecule has 1 amide bonds. The second-order valence-corrected chi connectivity index (χ2v) is 4.64. The Morgan fingerprint density at radius 1 is 1.35 bits per heavy atom. The van der Waals surface area contributed by atoms with E-state index in [2.05, 4.69) is 17.4 Å². The fourth-order valence-electron chi connectivity index (χ4n) is 2.06. The zero-order valence-electron chi connectivity index (χ0n) is 10.5. The minimum atomic E-state index is 0.129. The van der Waals surface area contributed by atoms with Crippen molar-refractivity contribution in [1.82, 2.24) is 5.32 Å². The number of amides is 1. The predicted octanol–water partition coefficient (Wildman–Crippen LogP) is 2.25. The van der Waals surface area contributed by atoms with Crippen molar-refractivity contribution in [2.24, 2.45) is 0 Å². The molecule has 1 aromatic carbocycles. The van der Waals surface area contributed by atoms with Gasteiger partial charge in [-0.15, -0.1) is 0 Å². The number of carbonyl (C=O) groups excluding carboxylic acids is 1. The molecule has 0 aromatic heterocycles. The van der Waals surface area contributed by atoms with Crippen molar-refractivity contribution in [3.63, 3.8) is 0 Å². The van der Waals surface area contributed by atoms with E-state index in [1.54, 1.807) is 7.11 Å². The van der Waals surface area contributed by atoms with Crippen LogP contribution in [0.5, 0.6) is 5.75 Å². The molecular weight excluding hydrogens is 214 g/mol. The summed E-state index contributed by atoms with van der Waals surface area (Å²) < 4.78 is 5.15. The van der Waals surface area contributed by atoms with Crippen molar-refractivity contribution in [1.29, 1.82) is 0 Å². The Balaban J connectivity index is 2.02. The molecule has 0 saturated heterocycles. The molecule has 1 fully saturated rings. The number of rotatable bonds is 5. The lowest BCUT2D eigenvalue weighted by Gasteiger charge is -2.16. The normalized spacial score (nSPS) is 16.4. The summed E-state index contributed by atoms with van der Waals surface area (Å²) in [5.41, 5.74) is 1.48. The van der Waals surface area contributed by atoms with Gasteiger partial charge in [-0.1, -0.05) is 19.1 Å². The lowest BCUT2D eigenvalue weighted by atomic mass is 9.96. The zero-order chi connectivity index (χ0) is 12.3. The highest BCUT2D eigenvalue weighted by Gasteiger charge is 2.44. The van der Waals surface area contributed by atoms with E-state index in [0.29, 0.717) is 6.42 Å². The summed E-state index contributed by atoms with van der Waals surface area (Å²) in [4.78, 5) is 11.3. The molecule has 0 atom stereocenters. The van der Waals surface area contributed by atoms with Gasteiger partial charge in [0.2, 0.25) is 5.91 Å². The van der Waals surface area contributed by atoms with E-state index in [4.69, 9.17) is 4.74 Å². The average molecular weight is 233 g/mol. The van der Waals surface area contributed by atoms with Crippen LogP contribution in [0.1, 0.15) is 31.7 Å². The van der Waals surface area contributed by atoms with E-state index in [0.717, 1.165) is 25.1 Å². The number of benzene rings is 1. The Hall–Kier alpha value is -1.51. The molecule has 3 heteroatoms. The lowest BCUT2D eigenvalue weighted by Crippen LogP contribution is -2.31. The number of methoxy groups -OCH3 is 1. The summed E-state index contributed by atoms with van der Waals surface area (Å²) in [5.74, 6) is 1.01. The summed E-state index contributed by atoms with van der Waals surface area (Å²) >= 11 is 0. The van der Waals surface area contributed by atoms with Gasteiger partial charge in [0.25, 0.3) is 0 Å². The molecule has 3 nitrogen and oxygen atoms in total. The molecule has 17 heavy (non-hydrogen) atoms. The molecule has 0 radical (unpaired) electrons. The molecule has 0 bridgehead atoms. The lowest BCUT2D eigenvalue weighted by molar-refractivity contribution is -0.120. The monoisotopic (exact) mass is 233 g/mol. The number of nitrogens with one attached hydrogen (secondary N) is 1. The van der Waals surface area contributed by atoms with Gasteiger partial charge in [-0.3, -0.25) is 4.79 Å². The highest BCUT2D eigenvalue weighted by atomic mass is 16.5. The summed E-state index contributed by atoms with van der Waals surface area (Å²) in [7, 11) is 1.67. The summed E-state index contributed by atoms with van der Waals surface area (Å²) in [6.07, 6.45) is 2.87. The number of hydrogen-bond acceptors (Lipinski definition) is 2. The highest BCUT2D eigenvalue weighted by molar-refractivity contribution is 5.75. The second-order valence-electron chi connectivity index (χ2n) is 4.64. The Morgan fingerprint density at radius 3 is 2.47 bits per heavy atom. The molecule has 0 unspecified atom stereocenters. The zero-order valence-corrected chi connectivity index (χ0v) is 10.5. The molecule has 1 saturated carbocycles. The van der Waals surface area contributed by atoms with Crippen LogP contribution < -0.4 is 10.1 Å². The van der Waals surface area contributed by atoms with Crippen LogP contribution in [-0.4, -0.2) is 19.6 Å². The Bertz CT molecular complexity index is 393. The fraction of sp³-hybridized carbons (Fsp3) is 0.500. The molecule has 1 aromatic rings. The molecule has 0 heterocycles. The van der Waals surface area contributed by atoms with E-state index in [1.165, 1.54) is 5.56 Å². The van der Waals surface area contributed by atoms with Crippen LogP contribution >= 0.6 is 0 Å². The van der Waals surface area contributed by atoms with Crippen LogP contribution in [0.4, 0.5) is 0 Å². The smallest absolute Gasteiger partial charge is 0.219 e. The van der Waals surface area contributed by atoms with E-state index < -0.39 is 0 Å². The topological polar surface area (TPSA) is 38.3 Å². The van der Waals surface area contributed by atoms with Gasteiger partial charge < -0.3 is 10.1 Å². The standard InChI is InChI=1S/C14H19NO2/c1-3-13(16)15-10-14(8-9-14)11-4-6-12(17-2)7-5-11/h4-7H,3,8-10H2,1-2H3,(H,15,16). The third-order valence-corrected chi connectivity index (χ3v) is 3.50. The average Bonchev–Trinajstić information content (AvgIpc) is 3.17. The highest BCUT2D eigenvalue weighted by Crippen LogP contribution is 2.47. The Kier molecular flexibility index (Phi) is 3.36. The van der Waals surface area contributed by atoms with Crippen LogP contribution in [0.15, 0.2) is 24.3 Å². The first kappa shape index (κ1) is 12.0. The maximum atomic E-state index is 11.3. The molecule has 2 rings (SSSR count). The van der Waals surface area contributed by atoms with Gasteiger partial charge in [-0.2, -0.15) is 0 Å². The van der Waals surface area contributed by atoms with Gasteiger partial charge in [-0.05, 0) is 30.5 Å². The third-order valence-electron chi connectivity index (χ3n) is 3.50. The minimum Gasteiger partial charge on any atom is -0.497 e. The van der Waals surface area contributed by atoms with Crippen LogP contribution in [0, 0.1) is 0 Å². The fourth-order valence-corrected chi connectivity index (χ4v) is 2.06. The van der Waals surface area contributed by atoms with Gasteiger partial charge in [0.1, 0.15) is 5.75 Å². The maximum Gasteiger partial charge on any atom is 0.219 e. The molecular formula is C14H19NO2. The Morgan fingerprint density at radius 2 is 2.00 bits per heavy atom. The van der Waals surface area contributed by atoms with Crippen LogP contribution in [0.25, 0.3) is 0 Å². The van der Waals surface area contributed by atoms with Gasteiger partial charge in [0.15, 0.2) is 0 Å². The van der Waals surface area contributed by atoms with Crippen LogP contribution in [0.3, 0.4) is 0 Å². The molecule has 1 aliphatic carbocycles. The molecule has 0 spiro atoms. The molecule has 92 valence electrons. The minimum absolute atomic E-state index is 0.129. The largest absolute Gasteiger partial charge is 0.497 e. The van der Waals surface area contributed by atoms with Crippen molar-refractivity contribution in [2.75, 3.05) is 13.7 Å². The molecule has 0 aliphatic heterocycles. The number of hydrogen-bond donors (Lipinski definition) is 1. The quantitative estimate of drug-likeness (QED) is 0.847. The van der Waals surface area contributed by atoms with Crippen LogP contribution in [-0.2, 0) is 10.2 Å². The molecule has 1 aliphatic rings. The first-order valence-corrected chi connectivity index (χ1v) is 6.11. The van der Waals surface area contributed by atoms with Crippen molar-refractivity contribution in [2.45, 2.75) is 31.6 Å². The van der Waals surface area contributed by atoms with Gasteiger partial charge in [-0.25, -0.2) is 0 Å². The predicted molar refractivity (Wildman–Crippen MR) is 67.2 cm³/mol. The van der Waals surface area contributed by atoms with Crippen molar-refractivity contribution in [3.05, 3.63) is 29.8 Å². The van der Waals surface area contributed by atoms with Gasteiger partial charge in [0, 0.05) is 18.4 Å². The van der Waals surface area contributed by atoms with E-state index in [-0.39, 0.29) is 11.3 Å². The van der Waals surface area contributed by atoms with Crippen molar-refractivity contribution >= 4 is 5.91 Å². The van der Waals surface area contributed by atoms with Gasteiger partial charge in [0.05, 0.1) is 7.11 Å². The summed E-state index contributed by atoms with van der Waals surface area (Å²) in [5, 5.41) is 2.99. The van der Waals surface area contributed by atoms with E-state index in [1.807, 2.05) is 19.1 Å². The van der Waals surface area contributed by atoms with E-state index >= 15 is 0 Å². The second kappa shape index (κ2) is 4.78. The number of carbonyl (C=O) groups is 1. The third kappa shape index (κ3) is 2.60. The first-order chi connectivity index (χ1) is 8.20. The van der Waals surface area contributed by atoms with Crippen LogP contribution in [0.2, 0.25) is 0 Å². The van der Waals surface area contributed by atoms with Gasteiger partial charge >= 0.3 is 0 Å². The maximum absolute atomic E-state index is 11.3. The van der Waals surface area contributed by atoms with Crippen molar-refractivity contribution in [3.8, 4) is 5.75 Å². The number of ether oxygens (including phenoxy) is 1. The van der Waals surface area contributed by atoms with Crippen molar-refractivity contribution < 1.29 is 9.53 Å². The summed E-state index contributed by atoms with van der Waals surface area (Å²) in [6.45, 7) is 2.63.